The maximum atomic E-state index is 14.1. The van der Waals surface area contributed by atoms with Crippen LogP contribution in [-0.4, -0.2) is 67.6 Å². The zero-order valence-electron chi connectivity index (χ0n) is 17.9. The third-order valence-corrected chi connectivity index (χ3v) is 7.92. The lowest BCUT2D eigenvalue weighted by atomic mass is 9.68. The first kappa shape index (κ1) is 19.2. The summed E-state index contributed by atoms with van der Waals surface area (Å²) in [5.41, 5.74) is 2.44. The van der Waals surface area contributed by atoms with Crippen LogP contribution in [0.15, 0.2) is 48.3 Å². The maximum absolute atomic E-state index is 14.1. The Morgan fingerprint density at radius 3 is 2.84 bits per heavy atom. The van der Waals surface area contributed by atoms with Crippen molar-refractivity contribution in [1.82, 2.24) is 30.0 Å². The molecule has 1 aromatic heterocycles. The van der Waals surface area contributed by atoms with Crippen molar-refractivity contribution in [3.63, 3.8) is 0 Å². The van der Waals surface area contributed by atoms with Crippen LogP contribution in [0.25, 0.3) is 0 Å². The third kappa shape index (κ3) is 3.30. The van der Waals surface area contributed by atoms with E-state index in [0.29, 0.717) is 11.8 Å². The molecule has 3 aliphatic heterocycles. The molecule has 0 radical (unpaired) electrons. The van der Waals surface area contributed by atoms with E-state index >= 15 is 0 Å². The van der Waals surface area contributed by atoms with Gasteiger partial charge in [-0.05, 0) is 66.5 Å². The van der Waals surface area contributed by atoms with Crippen LogP contribution in [0.2, 0.25) is 0 Å². The van der Waals surface area contributed by atoms with E-state index in [-0.39, 0.29) is 11.9 Å². The Bertz CT molecular complexity index is 958. The summed E-state index contributed by atoms with van der Waals surface area (Å²) >= 11 is 0. The minimum Gasteiger partial charge on any atom is -0.333 e. The van der Waals surface area contributed by atoms with Crippen molar-refractivity contribution in [3.05, 3.63) is 53.9 Å². The number of aromatic nitrogens is 4. The molecule has 5 atom stereocenters. The third-order valence-electron chi connectivity index (χ3n) is 7.92. The molecule has 1 aliphatic carbocycles. The van der Waals surface area contributed by atoms with Crippen LogP contribution in [0.1, 0.15) is 50.1 Å². The molecule has 3 fully saturated rings. The summed E-state index contributed by atoms with van der Waals surface area (Å²) < 4.78 is 1.61. The van der Waals surface area contributed by atoms with Gasteiger partial charge in [-0.3, -0.25) is 9.69 Å². The molecule has 31 heavy (non-hydrogen) atoms. The Balaban J connectivity index is 1.35. The van der Waals surface area contributed by atoms with E-state index in [0.717, 1.165) is 37.5 Å². The summed E-state index contributed by atoms with van der Waals surface area (Å²) in [6, 6.07) is 10.4. The van der Waals surface area contributed by atoms with Crippen LogP contribution < -0.4 is 0 Å². The highest BCUT2D eigenvalue weighted by atomic mass is 16.2. The van der Waals surface area contributed by atoms with Crippen molar-refractivity contribution in [2.45, 2.75) is 56.7 Å². The Morgan fingerprint density at radius 2 is 2.00 bits per heavy atom. The summed E-state index contributed by atoms with van der Waals surface area (Å²) in [5.74, 6) is 1.33. The predicted octanol–water partition coefficient (Wildman–Crippen LogP) is 2.68. The van der Waals surface area contributed by atoms with Gasteiger partial charge in [-0.1, -0.05) is 48.4 Å². The second kappa shape index (κ2) is 7.86. The van der Waals surface area contributed by atoms with Gasteiger partial charge in [0.15, 0.2) is 6.04 Å². The van der Waals surface area contributed by atoms with Gasteiger partial charge in [-0.2, -0.15) is 0 Å². The van der Waals surface area contributed by atoms with E-state index in [4.69, 9.17) is 0 Å². The van der Waals surface area contributed by atoms with Gasteiger partial charge in [0.05, 0.1) is 6.04 Å². The Labute approximate surface area is 183 Å². The molecule has 7 nitrogen and oxygen atoms in total. The zero-order valence-corrected chi connectivity index (χ0v) is 17.9. The van der Waals surface area contributed by atoms with E-state index in [9.17, 15) is 4.79 Å². The number of tetrazole rings is 1. The highest BCUT2D eigenvalue weighted by Crippen LogP contribution is 2.45. The number of carbonyl (C=O) groups excluding carboxylic acids is 1. The van der Waals surface area contributed by atoms with E-state index < -0.39 is 6.04 Å². The van der Waals surface area contributed by atoms with Gasteiger partial charge in [0.1, 0.15) is 6.33 Å². The fourth-order valence-electron chi connectivity index (χ4n) is 6.71. The SMILES string of the molecule is O=C([C@H](c1ccccc1)n1cnnn1)N1CCCC2=C[C@H]3C[C@@H](CN4CCCCC34)C21. The second-order valence-corrected chi connectivity index (χ2v) is 9.64. The average molecular weight is 419 g/mol. The highest BCUT2D eigenvalue weighted by Gasteiger charge is 2.48. The first-order valence-corrected chi connectivity index (χ1v) is 11.8. The first-order chi connectivity index (χ1) is 15.3. The standard InChI is InChI=1S/C24H30N6O/c31-24(23(30-16-25-26-27-30)17-7-2-1-3-8-17)29-12-6-9-18-13-19-14-20(22(18)29)15-28-11-5-4-10-21(19)28/h1-3,7-8,13,16,19-23H,4-6,9-12,14-15H2/t19-,20-,21?,22?,23-/m0/s1. The highest BCUT2D eigenvalue weighted by molar-refractivity contribution is 5.84. The molecular weight excluding hydrogens is 388 g/mol. The van der Waals surface area contributed by atoms with Crippen LogP contribution in [0, 0.1) is 11.8 Å². The van der Waals surface area contributed by atoms with Gasteiger partial charge in [0, 0.05) is 19.1 Å². The van der Waals surface area contributed by atoms with Crippen molar-refractivity contribution < 1.29 is 4.79 Å². The molecule has 0 saturated carbocycles. The number of nitrogens with zero attached hydrogens (tertiary/aromatic N) is 6. The summed E-state index contributed by atoms with van der Waals surface area (Å²) in [6.45, 7) is 3.17. The van der Waals surface area contributed by atoms with Crippen molar-refractivity contribution >= 4 is 5.91 Å². The van der Waals surface area contributed by atoms with E-state index in [1.54, 1.807) is 11.0 Å². The molecule has 2 aromatic rings. The molecule has 0 N–H and O–H groups in total. The van der Waals surface area contributed by atoms with E-state index in [2.05, 4.69) is 31.4 Å². The molecule has 1 amide bonds. The van der Waals surface area contributed by atoms with Gasteiger partial charge < -0.3 is 4.90 Å². The fourth-order valence-corrected chi connectivity index (χ4v) is 6.71. The Morgan fingerprint density at radius 1 is 1.10 bits per heavy atom. The van der Waals surface area contributed by atoms with Crippen LogP contribution in [0.4, 0.5) is 0 Å². The molecule has 2 unspecified atom stereocenters. The zero-order chi connectivity index (χ0) is 20.8. The number of hydrogen-bond acceptors (Lipinski definition) is 5. The van der Waals surface area contributed by atoms with Crippen LogP contribution in [0.5, 0.6) is 0 Å². The van der Waals surface area contributed by atoms with Crippen molar-refractivity contribution in [2.75, 3.05) is 19.6 Å². The average Bonchev–Trinajstić information content (AvgIpc) is 3.34. The van der Waals surface area contributed by atoms with Gasteiger partial charge in [-0.25, -0.2) is 4.68 Å². The molecule has 4 aliphatic rings. The number of fused-ring (bicyclic) bond motifs is 6. The van der Waals surface area contributed by atoms with Crippen molar-refractivity contribution in [2.24, 2.45) is 11.8 Å². The molecule has 6 rings (SSSR count). The molecule has 2 bridgehead atoms. The lowest BCUT2D eigenvalue weighted by Gasteiger charge is -2.55. The number of hydrogen-bond donors (Lipinski definition) is 0. The molecule has 1 aromatic carbocycles. The van der Waals surface area contributed by atoms with Crippen molar-refractivity contribution in [3.8, 4) is 0 Å². The van der Waals surface area contributed by atoms with Gasteiger partial charge >= 0.3 is 0 Å². The molecule has 0 spiro atoms. The fraction of sp³-hybridized carbons (Fsp3) is 0.583. The van der Waals surface area contributed by atoms with E-state index in [1.165, 1.54) is 37.8 Å². The van der Waals surface area contributed by atoms with Gasteiger partial charge in [0.25, 0.3) is 5.91 Å². The first-order valence-electron chi connectivity index (χ1n) is 11.8. The lowest BCUT2D eigenvalue weighted by Crippen LogP contribution is -2.60. The molecular formula is C24H30N6O. The molecule has 3 saturated heterocycles. The summed E-state index contributed by atoms with van der Waals surface area (Å²) in [6.07, 6.45) is 11.5. The van der Waals surface area contributed by atoms with Gasteiger partial charge in [0.2, 0.25) is 0 Å². The molecule has 7 heteroatoms. The Hall–Kier alpha value is -2.54. The smallest absolute Gasteiger partial charge is 0.252 e. The second-order valence-electron chi connectivity index (χ2n) is 9.64. The van der Waals surface area contributed by atoms with E-state index in [1.807, 2.05) is 30.3 Å². The monoisotopic (exact) mass is 418 g/mol. The topological polar surface area (TPSA) is 67.2 Å². The number of carbonyl (C=O) groups is 1. The largest absolute Gasteiger partial charge is 0.333 e. The minimum absolute atomic E-state index is 0.119. The lowest BCUT2D eigenvalue weighted by molar-refractivity contribution is -0.139. The summed E-state index contributed by atoms with van der Waals surface area (Å²) in [5, 5.41) is 11.7. The normalized spacial score (nSPS) is 31.4. The van der Waals surface area contributed by atoms with Gasteiger partial charge in [-0.15, -0.1) is 5.10 Å². The van der Waals surface area contributed by atoms with Crippen LogP contribution in [0.3, 0.4) is 0 Å². The quantitative estimate of drug-likeness (QED) is 0.717. The number of benzene rings is 1. The minimum atomic E-state index is -0.514. The molecule has 162 valence electrons. The molecule has 4 heterocycles. The maximum Gasteiger partial charge on any atom is 0.252 e. The predicted molar refractivity (Wildman–Crippen MR) is 116 cm³/mol. The Kier molecular flexibility index (Phi) is 4.86. The van der Waals surface area contributed by atoms with Crippen LogP contribution in [-0.2, 0) is 4.79 Å². The van der Waals surface area contributed by atoms with Crippen LogP contribution >= 0.6 is 0 Å². The van der Waals surface area contributed by atoms with Crippen molar-refractivity contribution in [1.29, 1.82) is 0 Å². The number of amides is 1. The number of piperidine rings is 3. The summed E-state index contributed by atoms with van der Waals surface area (Å²) in [7, 11) is 0. The number of rotatable bonds is 3. The summed E-state index contributed by atoms with van der Waals surface area (Å²) in [4.78, 5) is 19.0. The number of likely N-dealkylation sites (tertiary alicyclic amines) is 1.